The zero-order valence-electron chi connectivity index (χ0n) is 21.4. The van der Waals surface area contributed by atoms with Crippen LogP contribution in [0.15, 0.2) is 24.3 Å². The number of rotatable bonds is 12. The summed E-state index contributed by atoms with van der Waals surface area (Å²) < 4.78 is 0. The Balaban J connectivity index is 2.59. The molecule has 0 radical (unpaired) electrons. The fourth-order valence-electron chi connectivity index (χ4n) is 4.32. The van der Waals surface area contributed by atoms with Gasteiger partial charge in [-0.15, -0.1) is 0 Å². The molecule has 184 valence electrons. The van der Waals surface area contributed by atoms with Crippen LogP contribution in [0.25, 0.3) is 0 Å². The number of hydrogen-bond donors (Lipinski definition) is 4. The van der Waals surface area contributed by atoms with Gasteiger partial charge in [0.2, 0.25) is 0 Å². The highest BCUT2D eigenvalue weighted by atomic mass is 16.3. The molecule has 0 bridgehead atoms. The first-order valence-electron chi connectivity index (χ1n) is 12.5. The molecule has 0 saturated carbocycles. The van der Waals surface area contributed by atoms with Gasteiger partial charge in [0.25, 0.3) is 0 Å². The third-order valence-electron chi connectivity index (χ3n) is 7.17. The average molecular weight is 457 g/mol. The molecule has 0 saturated heterocycles. The van der Waals surface area contributed by atoms with Crippen molar-refractivity contribution in [3.8, 4) is 11.5 Å². The van der Waals surface area contributed by atoms with Gasteiger partial charge in [-0.2, -0.15) is 0 Å². The van der Waals surface area contributed by atoms with Crippen LogP contribution in [0.5, 0.6) is 11.5 Å². The van der Waals surface area contributed by atoms with E-state index in [0.717, 1.165) is 46.2 Å². The van der Waals surface area contributed by atoms with E-state index in [1.165, 1.54) is 0 Å². The minimum absolute atomic E-state index is 0.134. The monoisotopic (exact) mass is 456 g/mol. The molecule has 4 N–H and O–H groups in total. The molecule has 0 fully saturated rings. The Bertz CT molecular complexity index is 827. The van der Waals surface area contributed by atoms with Crippen molar-refractivity contribution in [2.45, 2.75) is 85.5 Å². The van der Waals surface area contributed by atoms with E-state index >= 15 is 0 Å². The van der Waals surface area contributed by atoms with Crippen LogP contribution in [0.4, 0.5) is 0 Å². The molecule has 2 atom stereocenters. The highest BCUT2D eigenvalue weighted by Crippen LogP contribution is 2.39. The van der Waals surface area contributed by atoms with Gasteiger partial charge in [-0.05, 0) is 82.7 Å². The van der Waals surface area contributed by atoms with Crippen LogP contribution >= 0.6 is 0 Å². The first-order chi connectivity index (χ1) is 15.6. The summed E-state index contributed by atoms with van der Waals surface area (Å²) >= 11 is 0. The number of aromatic hydroxyl groups is 2. The predicted octanol–water partition coefficient (Wildman–Crippen LogP) is 6.06. The van der Waals surface area contributed by atoms with Crippen molar-refractivity contribution in [1.29, 1.82) is 0 Å². The number of phenols is 2. The lowest BCUT2D eigenvalue weighted by molar-refractivity contribution is 0.288. The Morgan fingerprint density at radius 2 is 0.970 bits per heavy atom. The quantitative estimate of drug-likeness (QED) is 0.313. The normalized spacial score (nSPS) is 13.6. The van der Waals surface area contributed by atoms with Crippen molar-refractivity contribution in [3.63, 3.8) is 0 Å². The van der Waals surface area contributed by atoms with E-state index in [9.17, 15) is 20.4 Å². The number of aliphatic hydroxyl groups excluding tert-OH is 2. The Labute approximate surface area is 200 Å². The number of aryl methyl sites for hydroxylation is 2. The maximum atomic E-state index is 11.2. The van der Waals surface area contributed by atoms with E-state index in [-0.39, 0.29) is 25.0 Å². The van der Waals surface area contributed by atoms with Gasteiger partial charge >= 0.3 is 0 Å². The Morgan fingerprint density at radius 3 is 1.27 bits per heavy atom. The molecule has 4 nitrogen and oxygen atoms in total. The van der Waals surface area contributed by atoms with Gasteiger partial charge in [-0.25, -0.2) is 0 Å². The van der Waals surface area contributed by atoms with Crippen LogP contribution in [0.2, 0.25) is 0 Å². The summed E-state index contributed by atoms with van der Waals surface area (Å²) in [7, 11) is 0. The van der Waals surface area contributed by atoms with Crippen molar-refractivity contribution < 1.29 is 20.4 Å². The fraction of sp³-hybridized carbons (Fsp3) is 0.586. The smallest absolute Gasteiger partial charge is 0.122 e. The van der Waals surface area contributed by atoms with Crippen LogP contribution < -0.4 is 0 Å². The summed E-state index contributed by atoms with van der Waals surface area (Å²) in [6, 6.07) is 8.19. The van der Waals surface area contributed by atoms with Gasteiger partial charge < -0.3 is 20.4 Å². The van der Waals surface area contributed by atoms with Gasteiger partial charge in [0, 0.05) is 19.6 Å². The summed E-state index contributed by atoms with van der Waals surface area (Å²) in [6.07, 6.45) is 3.29. The standard InChI is InChI=1S/C29H44O4/c1-18(2)20(5)26-15-22(9-7-11-30)13-24(28(26)32)17-25-14-23(10-8-12-31)16-27(29(25)33)21(6)19(3)4/h13-16,18-21,30-33H,7-12,17H2,1-6H3. The van der Waals surface area contributed by atoms with Gasteiger partial charge in [0.15, 0.2) is 0 Å². The van der Waals surface area contributed by atoms with E-state index in [0.29, 0.717) is 42.6 Å². The number of phenolic OH excluding ortho intramolecular Hbond substituents is 2. The Hall–Kier alpha value is -2.04. The molecule has 0 amide bonds. The van der Waals surface area contributed by atoms with Crippen molar-refractivity contribution >= 4 is 0 Å². The molecule has 2 aromatic rings. The summed E-state index contributed by atoms with van der Waals surface area (Å²) in [5, 5.41) is 41.1. The lowest BCUT2D eigenvalue weighted by Gasteiger charge is -2.23. The Kier molecular flexibility index (Phi) is 10.2. The second-order valence-corrected chi connectivity index (χ2v) is 10.3. The summed E-state index contributed by atoms with van der Waals surface area (Å²) in [5.74, 6) is 1.76. The van der Waals surface area contributed by atoms with Crippen LogP contribution in [0.1, 0.15) is 99.6 Å². The minimum Gasteiger partial charge on any atom is -0.507 e. The van der Waals surface area contributed by atoms with E-state index in [2.05, 4.69) is 53.7 Å². The molecule has 0 aliphatic rings. The third kappa shape index (κ3) is 6.97. The van der Waals surface area contributed by atoms with E-state index in [1.54, 1.807) is 0 Å². The zero-order chi connectivity index (χ0) is 24.7. The molecule has 2 unspecified atom stereocenters. The maximum Gasteiger partial charge on any atom is 0.122 e. The van der Waals surface area contributed by atoms with Crippen LogP contribution in [-0.4, -0.2) is 33.6 Å². The first kappa shape index (κ1) is 27.2. The molecule has 33 heavy (non-hydrogen) atoms. The average Bonchev–Trinajstić information content (AvgIpc) is 2.78. The molecule has 0 spiro atoms. The molecule has 0 heterocycles. The first-order valence-corrected chi connectivity index (χ1v) is 12.5. The van der Waals surface area contributed by atoms with E-state index in [4.69, 9.17) is 0 Å². The molecular formula is C29H44O4. The van der Waals surface area contributed by atoms with Gasteiger partial charge in [-0.3, -0.25) is 0 Å². The van der Waals surface area contributed by atoms with Crippen LogP contribution in [0.3, 0.4) is 0 Å². The molecule has 0 aromatic heterocycles. The zero-order valence-corrected chi connectivity index (χ0v) is 21.4. The predicted molar refractivity (Wildman–Crippen MR) is 136 cm³/mol. The molecule has 0 aliphatic carbocycles. The Morgan fingerprint density at radius 1 is 0.606 bits per heavy atom. The number of benzene rings is 2. The van der Waals surface area contributed by atoms with Gasteiger partial charge in [-0.1, -0.05) is 65.8 Å². The number of aliphatic hydroxyl groups is 2. The van der Waals surface area contributed by atoms with E-state index < -0.39 is 0 Å². The largest absolute Gasteiger partial charge is 0.507 e. The number of hydrogen-bond acceptors (Lipinski definition) is 4. The molecular weight excluding hydrogens is 412 g/mol. The summed E-state index contributed by atoms with van der Waals surface area (Å²) in [6.45, 7) is 13.1. The molecule has 2 rings (SSSR count). The van der Waals surface area contributed by atoms with Crippen LogP contribution in [-0.2, 0) is 19.3 Å². The fourth-order valence-corrected chi connectivity index (χ4v) is 4.32. The second kappa shape index (κ2) is 12.4. The van der Waals surface area contributed by atoms with Crippen molar-refractivity contribution in [2.24, 2.45) is 11.8 Å². The SMILES string of the molecule is CC(C)C(C)c1cc(CCCO)cc(Cc2cc(CCCO)cc(C(C)C(C)C)c2O)c1O. The topological polar surface area (TPSA) is 80.9 Å². The van der Waals surface area contributed by atoms with Crippen LogP contribution in [0, 0.1) is 11.8 Å². The molecule has 4 heteroatoms. The lowest BCUT2D eigenvalue weighted by Crippen LogP contribution is -2.07. The molecule has 2 aromatic carbocycles. The third-order valence-corrected chi connectivity index (χ3v) is 7.17. The maximum absolute atomic E-state index is 11.2. The highest BCUT2D eigenvalue weighted by Gasteiger charge is 2.22. The van der Waals surface area contributed by atoms with E-state index in [1.807, 2.05) is 12.1 Å². The van der Waals surface area contributed by atoms with Crippen molar-refractivity contribution in [3.05, 3.63) is 57.6 Å². The summed E-state index contributed by atoms with van der Waals surface area (Å²) in [4.78, 5) is 0. The van der Waals surface area contributed by atoms with Crippen molar-refractivity contribution in [2.75, 3.05) is 13.2 Å². The minimum atomic E-state index is 0.134. The summed E-state index contributed by atoms with van der Waals surface area (Å²) in [5.41, 5.74) is 5.69. The second-order valence-electron chi connectivity index (χ2n) is 10.3. The lowest BCUT2D eigenvalue weighted by atomic mass is 9.84. The molecule has 0 aliphatic heterocycles. The highest BCUT2D eigenvalue weighted by molar-refractivity contribution is 5.52. The van der Waals surface area contributed by atoms with Crippen molar-refractivity contribution in [1.82, 2.24) is 0 Å². The van der Waals surface area contributed by atoms with Gasteiger partial charge in [0.05, 0.1) is 0 Å². The van der Waals surface area contributed by atoms with Gasteiger partial charge in [0.1, 0.15) is 11.5 Å².